The molecular formula is C24H27N5O2. The molecule has 0 radical (unpaired) electrons. The van der Waals surface area contributed by atoms with Crippen LogP contribution >= 0.6 is 0 Å². The highest BCUT2D eigenvalue weighted by molar-refractivity contribution is 5.76. The molecule has 7 nitrogen and oxygen atoms in total. The third-order valence-corrected chi connectivity index (χ3v) is 5.99. The van der Waals surface area contributed by atoms with Gasteiger partial charge in [0.15, 0.2) is 0 Å². The minimum Gasteiger partial charge on any atom is -0.467 e. The largest absolute Gasteiger partial charge is 0.467 e. The zero-order valence-corrected chi connectivity index (χ0v) is 17.6. The zero-order chi connectivity index (χ0) is 20.9. The van der Waals surface area contributed by atoms with Crippen LogP contribution < -0.4 is 4.74 Å². The summed E-state index contributed by atoms with van der Waals surface area (Å²) in [5.74, 6) is 2.75. The number of piperidine rings is 1. The van der Waals surface area contributed by atoms with Crippen molar-refractivity contribution in [1.29, 1.82) is 0 Å². The van der Waals surface area contributed by atoms with Crippen molar-refractivity contribution in [3.8, 4) is 6.01 Å². The predicted octanol–water partition coefficient (Wildman–Crippen LogP) is 3.80. The molecule has 1 aliphatic heterocycles. The number of imidazole rings is 1. The highest BCUT2D eigenvalue weighted by Crippen LogP contribution is 2.25. The quantitative estimate of drug-likeness (QED) is 0.434. The van der Waals surface area contributed by atoms with Crippen LogP contribution in [0.3, 0.4) is 0 Å². The number of para-hydroxylation sites is 2. The third kappa shape index (κ3) is 4.77. The number of nitrogens with zero attached hydrogens (tertiary/aromatic N) is 5. The summed E-state index contributed by atoms with van der Waals surface area (Å²) >= 11 is 0. The van der Waals surface area contributed by atoms with Crippen LogP contribution in [0.15, 0.2) is 65.5 Å². The number of benzene rings is 1. The summed E-state index contributed by atoms with van der Waals surface area (Å²) in [7, 11) is 0. The molecule has 5 rings (SSSR count). The Bertz CT molecular complexity index is 1090. The van der Waals surface area contributed by atoms with Crippen molar-refractivity contribution >= 4 is 11.0 Å². The topological polar surface area (TPSA) is 69.2 Å². The Morgan fingerprint density at radius 1 is 1.00 bits per heavy atom. The Morgan fingerprint density at radius 3 is 2.65 bits per heavy atom. The first-order chi connectivity index (χ1) is 15.3. The van der Waals surface area contributed by atoms with E-state index in [4.69, 9.17) is 14.1 Å². The van der Waals surface area contributed by atoms with Crippen molar-refractivity contribution in [2.24, 2.45) is 5.92 Å². The molecule has 0 saturated carbocycles. The minimum absolute atomic E-state index is 0.452. The molecule has 4 heterocycles. The minimum atomic E-state index is 0.452. The number of ether oxygens (including phenoxy) is 1. The van der Waals surface area contributed by atoms with E-state index < -0.39 is 0 Å². The monoisotopic (exact) mass is 417 g/mol. The van der Waals surface area contributed by atoms with Crippen molar-refractivity contribution in [1.82, 2.24) is 24.4 Å². The van der Waals surface area contributed by atoms with Crippen LogP contribution in [0.5, 0.6) is 6.01 Å². The molecule has 31 heavy (non-hydrogen) atoms. The van der Waals surface area contributed by atoms with Gasteiger partial charge in [-0.1, -0.05) is 12.1 Å². The summed E-state index contributed by atoms with van der Waals surface area (Å²) in [4.78, 5) is 15.6. The Hall–Kier alpha value is -3.19. The molecule has 4 aromatic rings. The number of rotatable bonds is 8. The Morgan fingerprint density at radius 2 is 1.84 bits per heavy atom. The van der Waals surface area contributed by atoms with E-state index in [9.17, 15) is 0 Å². The van der Waals surface area contributed by atoms with Crippen LogP contribution in [-0.4, -0.2) is 50.7 Å². The first kappa shape index (κ1) is 19.8. The van der Waals surface area contributed by atoms with Gasteiger partial charge >= 0.3 is 6.01 Å². The second-order valence-electron chi connectivity index (χ2n) is 8.05. The van der Waals surface area contributed by atoms with Gasteiger partial charge < -0.3 is 13.7 Å². The second-order valence-corrected chi connectivity index (χ2v) is 8.05. The van der Waals surface area contributed by atoms with Crippen LogP contribution in [-0.2, 0) is 13.0 Å². The number of likely N-dealkylation sites (tertiary alicyclic amines) is 1. The molecule has 0 atom stereocenters. The fourth-order valence-electron chi connectivity index (χ4n) is 4.31. The van der Waals surface area contributed by atoms with E-state index in [1.807, 2.05) is 12.1 Å². The summed E-state index contributed by atoms with van der Waals surface area (Å²) in [6.45, 7) is 4.42. The highest BCUT2D eigenvalue weighted by atomic mass is 16.5. The lowest BCUT2D eigenvalue weighted by atomic mass is 9.93. The summed E-state index contributed by atoms with van der Waals surface area (Å²) < 4.78 is 13.6. The number of hydrogen-bond acceptors (Lipinski definition) is 6. The molecule has 7 heteroatoms. The SMILES string of the molecule is c1cnc(OCCN2CCC(Cc3nc4ccccc4n3Cc3ccco3)CC2)nc1. The fraction of sp³-hybridized carbons (Fsp3) is 0.375. The highest BCUT2D eigenvalue weighted by Gasteiger charge is 2.22. The number of furan rings is 1. The van der Waals surface area contributed by atoms with Gasteiger partial charge in [0.2, 0.25) is 0 Å². The molecule has 1 aliphatic rings. The van der Waals surface area contributed by atoms with Crippen LogP contribution in [0, 0.1) is 5.92 Å². The van der Waals surface area contributed by atoms with E-state index >= 15 is 0 Å². The molecule has 160 valence electrons. The lowest BCUT2D eigenvalue weighted by molar-refractivity contribution is 0.150. The first-order valence-electron chi connectivity index (χ1n) is 10.9. The predicted molar refractivity (Wildman–Crippen MR) is 118 cm³/mol. The van der Waals surface area contributed by atoms with E-state index in [-0.39, 0.29) is 0 Å². The lowest BCUT2D eigenvalue weighted by Crippen LogP contribution is -2.37. The summed E-state index contributed by atoms with van der Waals surface area (Å²) in [5.41, 5.74) is 2.23. The fourth-order valence-corrected chi connectivity index (χ4v) is 4.31. The van der Waals surface area contributed by atoms with E-state index in [2.05, 4.69) is 43.7 Å². The molecule has 0 aliphatic carbocycles. The van der Waals surface area contributed by atoms with Gasteiger partial charge in [-0.3, -0.25) is 4.90 Å². The van der Waals surface area contributed by atoms with Crippen molar-refractivity contribution in [3.63, 3.8) is 0 Å². The lowest BCUT2D eigenvalue weighted by Gasteiger charge is -2.31. The average Bonchev–Trinajstić information content (AvgIpc) is 3.44. The second kappa shape index (κ2) is 9.31. The molecule has 1 aromatic carbocycles. The number of hydrogen-bond donors (Lipinski definition) is 0. The Balaban J connectivity index is 1.18. The van der Waals surface area contributed by atoms with E-state index in [0.717, 1.165) is 49.7 Å². The van der Waals surface area contributed by atoms with Gasteiger partial charge in [0.05, 0.1) is 23.8 Å². The summed E-state index contributed by atoms with van der Waals surface area (Å²) in [6, 6.07) is 14.6. The standard InChI is InChI=1S/C24H27N5O2/c1-2-7-22-21(6-1)27-23(29(22)18-20-5-3-15-30-20)17-19-8-12-28(13-9-19)14-16-31-24-25-10-4-11-26-24/h1-7,10-11,15,19H,8-9,12-14,16-18H2. The number of fused-ring (bicyclic) bond motifs is 1. The number of aromatic nitrogens is 4. The van der Waals surface area contributed by atoms with Crippen LogP contribution in [0.4, 0.5) is 0 Å². The van der Waals surface area contributed by atoms with Crippen molar-refractivity contribution in [2.45, 2.75) is 25.8 Å². The molecule has 3 aromatic heterocycles. The Kier molecular flexibility index (Phi) is 5.93. The smallest absolute Gasteiger partial charge is 0.316 e. The van der Waals surface area contributed by atoms with Crippen LogP contribution in [0.2, 0.25) is 0 Å². The van der Waals surface area contributed by atoms with Crippen molar-refractivity contribution < 1.29 is 9.15 Å². The van der Waals surface area contributed by atoms with E-state index in [0.29, 0.717) is 18.5 Å². The third-order valence-electron chi connectivity index (χ3n) is 5.99. The van der Waals surface area contributed by atoms with Crippen LogP contribution in [0.25, 0.3) is 11.0 Å². The van der Waals surface area contributed by atoms with Gasteiger partial charge in [-0.25, -0.2) is 15.0 Å². The maximum Gasteiger partial charge on any atom is 0.316 e. The van der Waals surface area contributed by atoms with Gasteiger partial charge in [-0.05, 0) is 62.2 Å². The molecule has 1 saturated heterocycles. The van der Waals surface area contributed by atoms with E-state index in [1.165, 1.54) is 18.4 Å². The van der Waals surface area contributed by atoms with Gasteiger partial charge in [0.1, 0.15) is 18.2 Å². The molecule has 0 amide bonds. The first-order valence-corrected chi connectivity index (χ1v) is 10.9. The maximum absolute atomic E-state index is 5.64. The van der Waals surface area contributed by atoms with Crippen molar-refractivity contribution in [3.05, 3.63) is 72.7 Å². The summed E-state index contributed by atoms with van der Waals surface area (Å²) in [6.07, 6.45) is 8.48. The molecule has 0 bridgehead atoms. The zero-order valence-electron chi connectivity index (χ0n) is 17.6. The summed E-state index contributed by atoms with van der Waals surface area (Å²) in [5, 5.41) is 0. The van der Waals surface area contributed by atoms with E-state index in [1.54, 1.807) is 24.7 Å². The average molecular weight is 418 g/mol. The van der Waals surface area contributed by atoms with Gasteiger partial charge in [-0.15, -0.1) is 0 Å². The molecule has 0 unspecified atom stereocenters. The molecular weight excluding hydrogens is 390 g/mol. The van der Waals surface area contributed by atoms with Gasteiger partial charge in [-0.2, -0.15) is 0 Å². The van der Waals surface area contributed by atoms with Gasteiger partial charge in [0.25, 0.3) is 0 Å². The molecule has 1 fully saturated rings. The van der Waals surface area contributed by atoms with Gasteiger partial charge in [0, 0.05) is 25.4 Å². The molecule has 0 spiro atoms. The van der Waals surface area contributed by atoms with Crippen LogP contribution in [0.1, 0.15) is 24.4 Å². The Labute approximate surface area is 181 Å². The normalized spacial score (nSPS) is 15.5. The maximum atomic E-state index is 5.64. The van der Waals surface area contributed by atoms with Crippen molar-refractivity contribution in [2.75, 3.05) is 26.2 Å². The molecule has 0 N–H and O–H groups in total.